The number of hydrogen-bond acceptors (Lipinski definition) is 4. The molecule has 1 rings (SSSR count). The maximum atomic E-state index is 11.9. The maximum absolute atomic E-state index is 11.9. The fourth-order valence-corrected chi connectivity index (χ4v) is 2.14. The van der Waals surface area contributed by atoms with Crippen LogP contribution in [0.5, 0.6) is 0 Å². The van der Waals surface area contributed by atoms with E-state index in [4.69, 9.17) is 17.0 Å². The highest BCUT2D eigenvalue weighted by atomic mass is 32.1. The number of hydrogen-bond donors (Lipinski definition) is 2. The van der Waals surface area contributed by atoms with Gasteiger partial charge >= 0.3 is 5.97 Å². The van der Waals surface area contributed by atoms with E-state index >= 15 is 0 Å². The quantitative estimate of drug-likeness (QED) is 0.478. The lowest BCUT2D eigenvalue weighted by atomic mass is 10.0. The molecule has 1 atom stereocenters. The number of nitrogens with one attached hydrogen (secondary N) is 2. The first kappa shape index (κ1) is 15.6. The zero-order valence-electron chi connectivity index (χ0n) is 11.5. The predicted molar refractivity (Wildman–Crippen MR) is 75.9 cm³/mol. The third kappa shape index (κ3) is 4.31. The van der Waals surface area contributed by atoms with E-state index in [1.807, 2.05) is 0 Å². The van der Waals surface area contributed by atoms with Crippen LogP contribution in [0, 0.1) is 11.7 Å². The molecule has 6 heteroatoms. The summed E-state index contributed by atoms with van der Waals surface area (Å²) in [6.45, 7) is 5.87. The molecule has 5 nitrogen and oxygen atoms in total. The van der Waals surface area contributed by atoms with Gasteiger partial charge in [0, 0.05) is 5.69 Å². The molecule has 0 spiro atoms. The number of esters is 1. The van der Waals surface area contributed by atoms with Gasteiger partial charge in [-0.05, 0) is 32.5 Å². The molecule has 1 heterocycles. The number of H-pyrrole nitrogens is 2. The molecule has 106 valence electrons. The van der Waals surface area contributed by atoms with Crippen LogP contribution in [-0.4, -0.2) is 22.5 Å². The Labute approximate surface area is 117 Å². The first-order valence-corrected chi connectivity index (χ1v) is 6.88. The summed E-state index contributed by atoms with van der Waals surface area (Å²) in [5.74, 6) is -0.979. The van der Waals surface area contributed by atoms with E-state index in [9.17, 15) is 9.59 Å². The smallest absolute Gasteiger partial charge is 0.313 e. The van der Waals surface area contributed by atoms with Crippen LogP contribution >= 0.6 is 12.2 Å². The second-order valence-corrected chi connectivity index (χ2v) is 4.95. The van der Waals surface area contributed by atoms with Crippen LogP contribution < -0.4 is 5.56 Å². The Hall–Kier alpha value is -1.43. The summed E-state index contributed by atoms with van der Waals surface area (Å²) in [6.07, 6.45) is 2.95. The number of carbonyl (C=O) groups excluding carboxylic acids is 1. The van der Waals surface area contributed by atoms with Crippen LogP contribution in [0.3, 0.4) is 0 Å². The Balaban J connectivity index is 2.77. The second kappa shape index (κ2) is 7.23. The van der Waals surface area contributed by atoms with Crippen molar-refractivity contribution in [2.24, 2.45) is 0 Å². The third-order valence-electron chi connectivity index (χ3n) is 2.96. The van der Waals surface area contributed by atoms with E-state index in [1.54, 1.807) is 13.8 Å². The summed E-state index contributed by atoms with van der Waals surface area (Å²) in [4.78, 5) is 29.0. The molecule has 0 fully saturated rings. The summed E-state index contributed by atoms with van der Waals surface area (Å²) < 4.78 is 5.43. The molecule has 2 N–H and O–H groups in total. The Kier molecular flexibility index (Phi) is 5.95. The number of aryl methyl sites for hydroxylation is 1. The first-order chi connectivity index (χ1) is 8.97. The fourth-order valence-electron chi connectivity index (χ4n) is 1.90. The lowest BCUT2D eigenvalue weighted by Crippen LogP contribution is -2.24. The van der Waals surface area contributed by atoms with Crippen LogP contribution in [-0.2, 0) is 9.53 Å². The predicted octanol–water partition coefficient (Wildman–Crippen LogP) is 2.58. The van der Waals surface area contributed by atoms with Crippen molar-refractivity contribution in [2.45, 2.75) is 46.0 Å². The molecule has 0 unspecified atom stereocenters. The van der Waals surface area contributed by atoms with Gasteiger partial charge in [-0.15, -0.1) is 0 Å². The molecule has 1 aromatic rings. The first-order valence-electron chi connectivity index (χ1n) is 6.47. The number of aromatic amines is 2. The molecule has 19 heavy (non-hydrogen) atoms. The topological polar surface area (TPSA) is 75.0 Å². The van der Waals surface area contributed by atoms with Crippen molar-refractivity contribution in [3.63, 3.8) is 0 Å². The molecular weight excluding hydrogens is 264 g/mol. The highest BCUT2D eigenvalue weighted by Gasteiger charge is 2.22. The Bertz CT molecular complexity index is 548. The van der Waals surface area contributed by atoms with Gasteiger partial charge in [0.2, 0.25) is 0 Å². The van der Waals surface area contributed by atoms with Crippen molar-refractivity contribution in [1.82, 2.24) is 9.97 Å². The van der Waals surface area contributed by atoms with Gasteiger partial charge in [0.25, 0.3) is 5.56 Å². The minimum atomic E-state index is -0.600. The summed E-state index contributed by atoms with van der Waals surface area (Å²) in [5.41, 5.74) is 0.653. The molecule has 0 aliphatic heterocycles. The summed E-state index contributed by atoms with van der Waals surface area (Å²) in [7, 11) is 0. The van der Waals surface area contributed by atoms with Gasteiger partial charge in [0.1, 0.15) is 0 Å². The van der Waals surface area contributed by atoms with Gasteiger partial charge < -0.3 is 9.72 Å². The summed E-state index contributed by atoms with van der Waals surface area (Å²) in [6, 6.07) is 0. The van der Waals surface area contributed by atoms with Crippen molar-refractivity contribution in [3.8, 4) is 0 Å². The molecule has 1 aromatic heterocycles. The van der Waals surface area contributed by atoms with Crippen molar-refractivity contribution in [2.75, 3.05) is 6.61 Å². The SMILES string of the molecule is CCCCCOC(=O)[C@@H](C)c1c(C)[nH]c(=S)[nH]c1=O. The summed E-state index contributed by atoms with van der Waals surface area (Å²) >= 11 is 4.87. The average molecular weight is 284 g/mol. The number of carbonyl (C=O) groups is 1. The van der Waals surface area contributed by atoms with Crippen LogP contribution in [0.2, 0.25) is 0 Å². The maximum Gasteiger partial charge on any atom is 0.313 e. The van der Waals surface area contributed by atoms with E-state index in [2.05, 4.69) is 16.9 Å². The highest BCUT2D eigenvalue weighted by molar-refractivity contribution is 7.71. The van der Waals surface area contributed by atoms with E-state index in [0.29, 0.717) is 17.9 Å². The largest absolute Gasteiger partial charge is 0.465 e. The summed E-state index contributed by atoms with van der Waals surface area (Å²) in [5, 5.41) is 0. The lowest BCUT2D eigenvalue weighted by molar-refractivity contribution is -0.145. The molecule has 0 aliphatic rings. The Morgan fingerprint density at radius 1 is 1.37 bits per heavy atom. The zero-order valence-corrected chi connectivity index (χ0v) is 12.4. The van der Waals surface area contributed by atoms with Gasteiger partial charge in [-0.2, -0.15) is 0 Å². The number of rotatable bonds is 6. The average Bonchev–Trinajstić information content (AvgIpc) is 2.33. The van der Waals surface area contributed by atoms with Crippen molar-refractivity contribution in [1.29, 1.82) is 0 Å². The monoisotopic (exact) mass is 284 g/mol. The van der Waals surface area contributed by atoms with E-state index in [-0.39, 0.29) is 16.3 Å². The van der Waals surface area contributed by atoms with Gasteiger partial charge in [-0.25, -0.2) is 0 Å². The fraction of sp³-hybridized carbons (Fsp3) is 0.615. The highest BCUT2D eigenvalue weighted by Crippen LogP contribution is 2.15. The van der Waals surface area contributed by atoms with E-state index < -0.39 is 5.92 Å². The molecule has 0 saturated carbocycles. The molecule has 0 radical (unpaired) electrons. The minimum absolute atomic E-state index is 0.259. The van der Waals surface area contributed by atoms with Gasteiger partial charge in [-0.1, -0.05) is 19.8 Å². The van der Waals surface area contributed by atoms with Crippen molar-refractivity contribution < 1.29 is 9.53 Å². The normalized spacial score (nSPS) is 12.2. The minimum Gasteiger partial charge on any atom is -0.465 e. The molecule has 0 amide bonds. The second-order valence-electron chi connectivity index (χ2n) is 4.54. The van der Waals surface area contributed by atoms with Crippen LogP contribution in [0.15, 0.2) is 4.79 Å². The van der Waals surface area contributed by atoms with E-state index in [0.717, 1.165) is 19.3 Å². The van der Waals surface area contributed by atoms with Crippen LogP contribution in [0.1, 0.15) is 50.3 Å². The zero-order chi connectivity index (χ0) is 14.4. The Morgan fingerprint density at radius 2 is 2.05 bits per heavy atom. The van der Waals surface area contributed by atoms with Crippen molar-refractivity contribution >= 4 is 18.2 Å². The molecule has 0 aliphatic carbocycles. The Morgan fingerprint density at radius 3 is 2.63 bits per heavy atom. The standard InChI is InChI=1S/C13H20N2O3S/c1-4-5-6-7-18-12(17)8(2)10-9(3)14-13(19)15-11(10)16/h8H,4-7H2,1-3H3,(H2,14,15,16,19)/t8-/m0/s1. The molecule has 0 bridgehead atoms. The number of aromatic nitrogens is 2. The van der Waals surface area contributed by atoms with Gasteiger partial charge in [-0.3, -0.25) is 14.6 Å². The van der Waals surface area contributed by atoms with E-state index in [1.165, 1.54) is 0 Å². The van der Waals surface area contributed by atoms with Gasteiger partial charge in [0.15, 0.2) is 4.77 Å². The van der Waals surface area contributed by atoms with Crippen molar-refractivity contribution in [3.05, 3.63) is 26.4 Å². The number of unbranched alkanes of at least 4 members (excludes halogenated alkanes) is 2. The van der Waals surface area contributed by atoms with Gasteiger partial charge in [0.05, 0.1) is 18.1 Å². The third-order valence-corrected chi connectivity index (χ3v) is 3.16. The molecular formula is C13H20N2O3S. The number of ether oxygens (including phenoxy) is 1. The van der Waals surface area contributed by atoms with Crippen LogP contribution in [0.25, 0.3) is 0 Å². The molecule has 0 saturated heterocycles. The van der Waals surface area contributed by atoms with Crippen LogP contribution in [0.4, 0.5) is 0 Å². The molecule has 0 aromatic carbocycles. The lowest BCUT2D eigenvalue weighted by Gasteiger charge is -2.12.